The van der Waals surface area contributed by atoms with E-state index in [1.165, 1.54) is 16.8 Å². The predicted octanol–water partition coefficient (Wildman–Crippen LogP) is 2.21. The normalized spacial score (nSPS) is 17.5. The van der Waals surface area contributed by atoms with Crippen LogP contribution in [0.5, 0.6) is 0 Å². The number of anilines is 2. The standard InChI is InChI=1S/C16H18N4/c1-2-6-15-12(4-1)5-3-9-20(15)16-18-10-13-7-8-17-11-14(13)19-16/h1-2,4,6,10,17H,3,5,7-9,11H2. The number of para-hydroxylation sites is 1. The van der Waals surface area contributed by atoms with Gasteiger partial charge in [0.05, 0.1) is 5.69 Å². The van der Waals surface area contributed by atoms with Gasteiger partial charge in [0.25, 0.3) is 0 Å². The van der Waals surface area contributed by atoms with Crippen LogP contribution in [0.1, 0.15) is 23.2 Å². The molecular weight excluding hydrogens is 248 g/mol. The Morgan fingerprint density at radius 3 is 3.05 bits per heavy atom. The molecule has 0 bridgehead atoms. The van der Waals surface area contributed by atoms with Crippen molar-refractivity contribution in [2.75, 3.05) is 18.0 Å². The third-order valence-corrected chi connectivity index (χ3v) is 4.16. The summed E-state index contributed by atoms with van der Waals surface area (Å²) in [5.41, 5.74) is 5.11. The van der Waals surface area contributed by atoms with Crippen molar-refractivity contribution in [1.29, 1.82) is 0 Å². The van der Waals surface area contributed by atoms with Crippen molar-refractivity contribution in [1.82, 2.24) is 15.3 Å². The minimum atomic E-state index is 0.847. The summed E-state index contributed by atoms with van der Waals surface area (Å²) in [5.74, 6) is 0.847. The van der Waals surface area contributed by atoms with Gasteiger partial charge in [-0.25, -0.2) is 9.97 Å². The van der Waals surface area contributed by atoms with Gasteiger partial charge in [-0.05, 0) is 43.0 Å². The largest absolute Gasteiger partial charge is 0.311 e. The van der Waals surface area contributed by atoms with Crippen LogP contribution in [-0.2, 0) is 19.4 Å². The minimum absolute atomic E-state index is 0.847. The summed E-state index contributed by atoms with van der Waals surface area (Å²) < 4.78 is 0. The number of aromatic nitrogens is 2. The first kappa shape index (κ1) is 11.9. The van der Waals surface area contributed by atoms with E-state index in [1.807, 2.05) is 6.20 Å². The highest BCUT2D eigenvalue weighted by Crippen LogP contribution is 2.31. The van der Waals surface area contributed by atoms with Crippen LogP contribution in [0, 0.1) is 0 Å². The van der Waals surface area contributed by atoms with E-state index in [-0.39, 0.29) is 0 Å². The summed E-state index contributed by atoms with van der Waals surface area (Å²) in [6.07, 6.45) is 5.36. The Bertz CT molecular complexity index is 638. The summed E-state index contributed by atoms with van der Waals surface area (Å²) in [4.78, 5) is 11.6. The smallest absolute Gasteiger partial charge is 0.230 e. The fraction of sp³-hybridized carbons (Fsp3) is 0.375. The first-order valence-corrected chi connectivity index (χ1v) is 7.33. The van der Waals surface area contributed by atoms with Crippen LogP contribution < -0.4 is 10.2 Å². The van der Waals surface area contributed by atoms with E-state index in [9.17, 15) is 0 Å². The molecule has 0 aliphatic carbocycles. The summed E-state index contributed by atoms with van der Waals surface area (Å²) in [6.45, 7) is 2.89. The molecule has 0 fully saturated rings. The predicted molar refractivity (Wildman–Crippen MR) is 79.2 cm³/mol. The lowest BCUT2D eigenvalue weighted by molar-refractivity contribution is 0.620. The van der Waals surface area contributed by atoms with Crippen molar-refractivity contribution >= 4 is 11.6 Å². The molecule has 1 aromatic carbocycles. The van der Waals surface area contributed by atoms with Gasteiger partial charge in [-0.1, -0.05) is 18.2 Å². The van der Waals surface area contributed by atoms with E-state index >= 15 is 0 Å². The summed E-state index contributed by atoms with van der Waals surface area (Å²) in [7, 11) is 0. The lowest BCUT2D eigenvalue weighted by Crippen LogP contribution is -2.29. The zero-order valence-corrected chi connectivity index (χ0v) is 11.5. The van der Waals surface area contributed by atoms with Gasteiger partial charge in [0.15, 0.2) is 0 Å². The molecule has 0 atom stereocenters. The topological polar surface area (TPSA) is 41.1 Å². The average Bonchev–Trinajstić information content (AvgIpc) is 2.54. The van der Waals surface area contributed by atoms with Gasteiger partial charge in [0, 0.05) is 25.0 Å². The van der Waals surface area contributed by atoms with Crippen molar-refractivity contribution in [3.05, 3.63) is 47.3 Å². The summed E-state index contributed by atoms with van der Waals surface area (Å²) >= 11 is 0. The lowest BCUT2D eigenvalue weighted by Gasteiger charge is -2.30. The van der Waals surface area contributed by atoms with E-state index in [2.05, 4.69) is 39.5 Å². The molecule has 1 N–H and O–H groups in total. The third-order valence-electron chi connectivity index (χ3n) is 4.16. The maximum absolute atomic E-state index is 4.79. The van der Waals surface area contributed by atoms with Crippen molar-refractivity contribution < 1.29 is 0 Å². The van der Waals surface area contributed by atoms with Crippen molar-refractivity contribution in [2.45, 2.75) is 25.8 Å². The molecule has 20 heavy (non-hydrogen) atoms. The van der Waals surface area contributed by atoms with Crippen molar-refractivity contribution in [3.63, 3.8) is 0 Å². The summed E-state index contributed by atoms with van der Waals surface area (Å²) in [5, 5.41) is 3.38. The number of hydrogen-bond donors (Lipinski definition) is 1. The molecule has 102 valence electrons. The van der Waals surface area contributed by atoms with E-state index in [0.717, 1.165) is 50.5 Å². The molecule has 0 amide bonds. The highest BCUT2D eigenvalue weighted by atomic mass is 15.3. The maximum atomic E-state index is 4.79. The molecule has 4 heteroatoms. The van der Waals surface area contributed by atoms with E-state index < -0.39 is 0 Å². The Hall–Kier alpha value is -1.94. The second-order valence-electron chi connectivity index (χ2n) is 5.45. The molecule has 0 saturated heterocycles. The second-order valence-corrected chi connectivity index (χ2v) is 5.45. The molecular formula is C16H18N4. The molecule has 2 aromatic rings. The first-order chi connectivity index (χ1) is 9.92. The number of nitrogens with one attached hydrogen (secondary N) is 1. The Morgan fingerprint density at radius 2 is 2.05 bits per heavy atom. The molecule has 0 unspecified atom stereocenters. The maximum Gasteiger partial charge on any atom is 0.230 e. The van der Waals surface area contributed by atoms with E-state index in [4.69, 9.17) is 4.98 Å². The summed E-state index contributed by atoms with van der Waals surface area (Å²) in [6, 6.07) is 8.59. The Labute approximate surface area is 118 Å². The highest BCUT2D eigenvalue weighted by molar-refractivity contribution is 5.63. The van der Waals surface area contributed by atoms with Crippen LogP contribution in [0.25, 0.3) is 0 Å². The number of hydrogen-bond acceptors (Lipinski definition) is 4. The van der Waals surface area contributed by atoms with Gasteiger partial charge in [-0.2, -0.15) is 0 Å². The lowest BCUT2D eigenvalue weighted by atomic mass is 10.0. The van der Waals surface area contributed by atoms with Crippen LogP contribution in [0.15, 0.2) is 30.5 Å². The monoisotopic (exact) mass is 266 g/mol. The van der Waals surface area contributed by atoms with Crippen LogP contribution in [0.4, 0.5) is 11.6 Å². The molecule has 3 heterocycles. The third kappa shape index (κ3) is 1.96. The van der Waals surface area contributed by atoms with Crippen LogP contribution in [0.3, 0.4) is 0 Å². The quantitative estimate of drug-likeness (QED) is 0.859. The van der Waals surface area contributed by atoms with E-state index in [0.29, 0.717) is 0 Å². The van der Waals surface area contributed by atoms with Crippen molar-refractivity contribution in [3.8, 4) is 0 Å². The Morgan fingerprint density at radius 1 is 1.10 bits per heavy atom. The SMILES string of the molecule is c1ccc2c(c1)CCCN2c1ncc2c(n1)CNCC2. The van der Waals surface area contributed by atoms with Crippen LogP contribution >= 0.6 is 0 Å². The number of aryl methyl sites for hydroxylation is 1. The Kier molecular flexibility index (Phi) is 2.89. The molecule has 1 aromatic heterocycles. The molecule has 2 aliphatic rings. The first-order valence-electron chi connectivity index (χ1n) is 7.33. The average molecular weight is 266 g/mol. The van der Waals surface area contributed by atoms with Gasteiger partial charge in [0.1, 0.15) is 0 Å². The number of benzene rings is 1. The fourth-order valence-corrected chi connectivity index (χ4v) is 3.09. The van der Waals surface area contributed by atoms with Gasteiger partial charge in [-0.3, -0.25) is 0 Å². The van der Waals surface area contributed by atoms with Gasteiger partial charge < -0.3 is 10.2 Å². The van der Waals surface area contributed by atoms with Gasteiger partial charge in [0.2, 0.25) is 5.95 Å². The van der Waals surface area contributed by atoms with Gasteiger partial charge in [-0.15, -0.1) is 0 Å². The van der Waals surface area contributed by atoms with Crippen LogP contribution in [0.2, 0.25) is 0 Å². The molecule has 0 spiro atoms. The molecule has 0 saturated carbocycles. The number of rotatable bonds is 1. The van der Waals surface area contributed by atoms with Crippen molar-refractivity contribution in [2.24, 2.45) is 0 Å². The van der Waals surface area contributed by atoms with E-state index in [1.54, 1.807) is 0 Å². The molecule has 4 nitrogen and oxygen atoms in total. The van der Waals surface area contributed by atoms with Crippen LogP contribution in [-0.4, -0.2) is 23.1 Å². The molecule has 2 aliphatic heterocycles. The zero-order chi connectivity index (χ0) is 13.4. The number of fused-ring (bicyclic) bond motifs is 2. The second kappa shape index (κ2) is 4.87. The van der Waals surface area contributed by atoms with Gasteiger partial charge >= 0.3 is 0 Å². The molecule has 4 rings (SSSR count). The fourth-order valence-electron chi connectivity index (χ4n) is 3.09. The molecule has 0 radical (unpaired) electrons. The number of nitrogens with zero attached hydrogens (tertiary/aromatic N) is 3. The highest BCUT2D eigenvalue weighted by Gasteiger charge is 2.21. The minimum Gasteiger partial charge on any atom is -0.311 e. The Balaban J connectivity index is 1.75. The zero-order valence-electron chi connectivity index (χ0n) is 11.5.